The highest BCUT2D eigenvalue weighted by atomic mass is 15.2. The van der Waals surface area contributed by atoms with Gasteiger partial charge in [0.15, 0.2) is 0 Å². The Bertz CT molecular complexity index is 1260. The molecule has 0 spiro atoms. The average molecular weight is 356 g/mol. The van der Waals surface area contributed by atoms with Crippen LogP contribution in [0.5, 0.6) is 0 Å². The van der Waals surface area contributed by atoms with Crippen LogP contribution in [-0.2, 0) is 14.1 Å². The zero-order valence-corrected chi connectivity index (χ0v) is 14.8. The number of hydrogen-bond donors (Lipinski definition) is 1. The highest BCUT2D eigenvalue weighted by Crippen LogP contribution is 2.29. The van der Waals surface area contributed by atoms with E-state index < -0.39 is 0 Å². The number of fused-ring (bicyclic) bond motifs is 1. The second-order valence-corrected chi connectivity index (χ2v) is 6.40. The molecule has 0 bridgehead atoms. The molecule has 0 unspecified atom stereocenters. The molecule has 5 rings (SSSR count). The molecule has 0 fully saturated rings. The third kappa shape index (κ3) is 2.67. The Hall–Kier alpha value is -3.81. The number of hydrogen-bond acceptors (Lipinski definition) is 5. The molecule has 27 heavy (non-hydrogen) atoms. The van der Waals surface area contributed by atoms with Crippen LogP contribution in [0.2, 0.25) is 0 Å². The van der Waals surface area contributed by atoms with Crippen molar-refractivity contribution in [3.05, 3.63) is 55.2 Å². The van der Waals surface area contributed by atoms with Crippen LogP contribution in [0.3, 0.4) is 0 Å². The summed E-state index contributed by atoms with van der Waals surface area (Å²) in [5.41, 5.74) is 6.10. The Morgan fingerprint density at radius 1 is 0.852 bits per heavy atom. The molecule has 0 aliphatic carbocycles. The molecule has 8 nitrogen and oxygen atoms in total. The third-order valence-electron chi connectivity index (χ3n) is 4.44. The number of nitrogens with zero attached hydrogens (tertiary/aromatic N) is 7. The summed E-state index contributed by atoms with van der Waals surface area (Å²) in [6.45, 7) is 0. The van der Waals surface area contributed by atoms with Crippen LogP contribution in [0.25, 0.3) is 44.8 Å². The van der Waals surface area contributed by atoms with Gasteiger partial charge in [-0.2, -0.15) is 15.3 Å². The molecule has 0 aliphatic heterocycles. The molecule has 8 heteroatoms. The summed E-state index contributed by atoms with van der Waals surface area (Å²) >= 11 is 0. The number of pyridine rings is 2. The zero-order valence-electron chi connectivity index (χ0n) is 14.8. The van der Waals surface area contributed by atoms with Gasteiger partial charge in [0, 0.05) is 43.0 Å². The van der Waals surface area contributed by atoms with Crippen LogP contribution in [-0.4, -0.2) is 39.7 Å². The summed E-state index contributed by atoms with van der Waals surface area (Å²) in [4.78, 5) is 9.29. The Morgan fingerprint density at radius 2 is 1.56 bits per heavy atom. The molecule has 5 aromatic heterocycles. The summed E-state index contributed by atoms with van der Waals surface area (Å²) < 4.78 is 3.52. The maximum absolute atomic E-state index is 4.78. The second kappa shape index (κ2) is 5.87. The fourth-order valence-corrected chi connectivity index (χ4v) is 3.10. The van der Waals surface area contributed by atoms with Crippen LogP contribution < -0.4 is 0 Å². The van der Waals surface area contributed by atoms with Crippen LogP contribution in [0.4, 0.5) is 0 Å². The van der Waals surface area contributed by atoms with E-state index in [-0.39, 0.29) is 0 Å². The lowest BCUT2D eigenvalue weighted by molar-refractivity contribution is 0.768. The minimum atomic E-state index is 0.795. The van der Waals surface area contributed by atoms with Crippen molar-refractivity contribution in [3.63, 3.8) is 0 Å². The quantitative estimate of drug-likeness (QED) is 0.537. The second-order valence-electron chi connectivity index (χ2n) is 6.40. The van der Waals surface area contributed by atoms with E-state index in [0.717, 1.165) is 44.8 Å². The molecular formula is C19H16N8. The normalized spacial score (nSPS) is 11.3. The maximum atomic E-state index is 4.78. The van der Waals surface area contributed by atoms with Gasteiger partial charge in [0.25, 0.3) is 0 Å². The van der Waals surface area contributed by atoms with Gasteiger partial charge in [-0.25, -0.2) is 4.98 Å². The molecule has 5 heterocycles. The van der Waals surface area contributed by atoms with E-state index in [2.05, 4.69) is 25.4 Å². The molecule has 0 saturated heterocycles. The highest BCUT2D eigenvalue weighted by molar-refractivity contribution is 5.93. The largest absolute Gasteiger partial charge is 0.276 e. The van der Waals surface area contributed by atoms with Gasteiger partial charge in [-0.05, 0) is 18.2 Å². The molecule has 132 valence electrons. The lowest BCUT2D eigenvalue weighted by Gasteiger charge is -2.02. The Balaban J connectivity index is 1.63. The fourth-order valence-electron chi connectivity index (χ4n) is 3.10. The van der Waals surface area contributed by atoms with Crippen molar-refractivity contribution in [2.75, 3.05) is 0 Å². The van der Waals surface area contributed by atoms with Gasteiger partial charge in [-0.3, -0.25) is 19.4 Å². The van der Waals surface area contributed by atoms with Crippen LogP contribution in [0, 0.1) is 0 Å². The van der Waals surface area contributed by atoms with Crippen molar-refractivity contribution in [2.24, 2.45) is 14.1 Å². The van der Waals surface area contributed by atoms with E-state index in [4.69, 9.17) is 4.98 Å². The number of H-pyrrole nitrogens is 1. The minimum Gasteiger partial charge on any atom is -0.276 e. The number of aromatic nitrogens is 8. The maximum Gasteiger partial charge on any atom is 0.118 e. The van der Waals surface area contributed by atoms with Gasteiger partial charge in [-0.1, -0.05) is 6.07 Å². The number of rotatable bonds is 3. The van der Waals surface area contributed by atoms with E-state index >= 15 is 0 Å². The summed E-state index contributed by atoms with van der Waals surface area (Å²) in [5, 5.41) is 16.9. The molecule has 0 aliphatic rings. The van der Waals surface area contributed by atoms with Gasteiger partial charge in [0.1, 0.15) is 5.69 Å². The molecular weight excluding hydrogens is 340 g/mol. The monoisotopic (exact) mass is 356 g/mol. The first-order valence-electron chi connectivity index (χ1n) is 8.47. The topological polar surface area (TPSA) is 90.1 Å². The Kier molecular flexibility index (Phi) is 3.36. The van der Waals surface area contributed by atoms with Gasteiger partial charge in [0.05, 0.1) is 41.2 Å². The number of nitrogens with one attached hydrogen (secondary N) is 1. The van der Waals surface area contributed by atoms with Crippen LogP contribution in [0.1, 0.15) is 0 Å². The standard InChI is InChI=1S/C19H16N8/c1-26-10-12(7-21-26)15-4-3-5-16(23-15)19-14-6-17(13-8-22-27(2)11-13)20-9-18(14)24-25-19/h3-11H,1-2H3,(H,24,25). The summed E-state index contributed by atoms with van der Waals surface area (Å²) in [5.74, 6) is 0. The molecule has 5 aromatic rings. The molecule has 0 amide bonds. The predicted octanol–water partition coefficient (Wildman–Crippen LogP) is 2.82. The summed E-state index contributed by atoms with van der Waals surface area (Å²) in [6, 6.07) is 7.93. The lowest BCUT2D eigenvalue weighted by Crippen LogP contribution is -1.89. The van der Waals surface area contributed by atoms with E-state index in [9.17, 15) is 0 Å². The van der Waals surface area contributed by atoms with Gasteiger partial charge in [-0.15, -0.1) is 0 Å². The molecule has 0 radical (unpaired) electrons. The number of aryl methyl sites for hydroxylation is 2. The summed E-state index contributed by atoms with van der Waals surface area (Å²) in [6.07, 6.45) is 9.28. The first-order valence-corrected chi connectivity index (χ1v) is 8.47. The van der Waals surface area contributed by atoms with Crippen molar-refractivity contribution in [1.29, 1.82) is 0 Å². The Morgan fingerprint density at radius 3 is 2.26 bits per heavy atom. The molecule has 0 atom stereocenters. The lowest BCUT2D eigenvalue weighted by atomic mass is 10.1. The van der Waals surface area contributed by atoms with E-state index in [1.165, 1.54) is 0 Å². The minimum absolute atomic E-state index is 0.795. The SMILES string of the molecule is Cn1cc(-c2cc3c(-c4cccc(-c5cnn(C)c5)n4)n[nH]c3cn2)cn1. The fraction of sp³-hybridized carbons (Fsp3) is 0.105. The highest BCUT2D eigenvalue weighted by Gasteiger charge is 2.13. The smallest absolute Gasteiger partial charge is 0.118 e. The molecule has 1 N–H and O–H groups in total. The summed E-state index contributed by atoms with van der Waals surface area (Å²) in [7, 11) is 3.78. The molecule has 0 saturated carbocycles. The average Bonchev–Trinajstić information content (AvgIpc) is 3.41. The van der Waals surface area contributed by atoms with Gasteiger partial charge < -0.3 is 0 Å². The third-order valence-corrected chi connectivity index (χ3v) is 4.44. The predicted molar refractivity (Wildman–Crippen MR) is 102 cm³/mol. The van der Waals surface area contributed by atoms with E-state index in [0.29, 0.717) is 0 Å². The van der Waals surface area contributed by atoms with Gasteiger partial charge >= 0.3 is 0 Å². The van der Waals surface area contributed by atoms with Crippen LogP contribution in [0.15, 0.2) is 55.2 Å². The van der Waals surface area contributed by atoms with Crippen LogP contribution >= 0.6 is 0 Å². The first-order chi connectivity index (χ1) is 13.2. The van der Waals surface area contributed by atoms with Crippen molar-refractivity contribution < 1.29 is 0 Å². The Labute approximate surface area is 154 Å². The van der Waals surface area contributed by atoms with Crippen molar-refractivity contribution in [3.8, 4) is 33.9 Å². The van der Waals surface area contributed by atoms with E-state index in [1.807, 2.05) is 50.8 Å². The molecule has 0 aromatic carbocycles. The first kappa shape index (κ1) is 15.4. The van der Waals surface area contributed by atoms with Crippen molar-refractivity contribution >= 4 is 10.9 Å². The van der Waals surface area contributed by atoms with Crippen molar-refractivity contribution in [1.82, 2.24) is 39.7 Å². The van der Waals surface area contributed by atoms with Crippen molar-refractivity contribution in [2.45, 2.75) is 0 Å². The van der Waals surface area contributed by atoms with E-state index in [1.54, 1.807) is 28.0 Å². The zero-order chi connectivity index (χ0) is 18.4. The number of aromatic amines is 1. The van der Waals surface area contributed by atoms with Gasteiger partial charge in [0.2, 0.25) is 0 Å².